The lowest BCUT2D eigenvalue weighted by Crippen LogP contribution is -2.13. The standard InChI is InChI=1S/C31H23ClN2O5/c32-28-17-23(8-15-29(28)39-20-22-6-9-24(10-7-22)31(36)37)16-25(18-33)30(35)34-26-11-13-27(14-12-26)38-19-21-4-2-1-3-5-21/h1-17H,19-20H2,(H,34,35)(H,36,37)/b25-16+. The fraction of sp³-hybridized carbons (Fsp3) is 0.0645. The molecule has 0 saturated carbocycles. The summed E-state index contributed by atoms with van der Waals surface area (Å²) in [5, 5.41) is 21.6. The zero-order valence-electron chi connectivity index (χ0n) is 20.6. The van der Waals surface area contributed by atoms with Gasteiger partial charge in [-0.25, -0.2) is 4.79 Å². The van der Waals surface area contributed by atoms with E-state index in [0.717, 1.165) is 11.1 Å². The molecule has 4 aromatic rings. The van der Waals surface area contributed by atoms with Crippen LogP contribution in [0.2, 0.25) is 5.02 Å². The van der Waals surface area contributed by atoms with Crippen molar-refractivity contribution in [3.8, 4) is 17.6 Å². The summed E-state index contributed by atoms with van der Waals surface area (Å²) in [4.78, 5) is 23.7. The summed E-state index contributed by atoms with van der Waals surface area (Å²) in [6.45, 7) is 0.622. The van der Waals surface area contributed by atoms with Crippen LogP contribution in [0, 0.1) is 11.3 Å². The topological polar surface area (TPSA) is 109 Å². The molecule has 0 aromatic heterocycles. The van der Waals surface area contributed by atoms with Crippen LogP contribution < -0.4 is 14.8 Å². The third-order valence-corrected chi connectivity index (χ3v) is 5.88. The zero-order valence-corrected chi connectivity index (χ0v) is 21.4. The lowest BCUT2D eigenvalue weighted by Gasteiger charge is -2.10. The van der Waals surface area contributed by atoms with Crippen LogP contribution in [0.15, 0.2) is 103 Å². The van der Waals surface area contributed by atoms with Gasteiger partial charge in [0.05, 0.1) is 10.6 Å². The highest BCUT2D eigenvalue weighted by Gasteiger charge is 2.11. The minimum Gasteiger partial charge on any atom is -0.489 e. The predicted molar refractivity (Wildman–Crippen MR) is 149 cm³/mol. The average Bonchev–Trinajstić information content (AvgIpc) is 2.95. The van der Waals surface area contributed by atoms with Crippen LogP contribution in [0.1, 0.15) is 27.0 Å². The summed E-state index contributed by atoms with van der Waals surface area (Å²) in [5.41, 5.74) is 2.99. The number of benzene rings is 4. The van der Waals surface area contributed by atoms with Gasteiger partial charge in [0.15, 0.2) is 0 Å². The normalized spacial score (nSPS) is 10.8. The molecule has 0 spiro atoms. The molecule has 194 valence electrons. The molecule has 1 amide bonds. The van der Waals surface area contributed by atoms with Crippen LogP contribution >= 0.6 is 11.6 Å². The lowest BCUT2D eigenvalue weighted by molar-refractivity contribution is -0.112. The Morgan fingerprint density at radius 2 is 1.54 bits per heavy atom. The molecule has 8 heteroatoms. The minimum absolute atomic E-state index is 0.0948. The molecule has 0 atom stereocenters. The number of carboxylic acid groups (broad SMARTS) is 1. The summed E-state index contributed by atoms with van der Waals surface area (Å²) < 4.78 is 11.5. The van der Waals surface area contributed by atoms with Gasteiger partial charge in [-0.15, -0.1) is 0 Å². The highest BCUT2D eigenvalue weighted by Crippen LogP contribution is 2.27. The Kier molecular flexibility index (Phi) is 8.96. The number of rotatable bonds is 10. The number of carbonyl (C=O) groups excluding carboxylic acids is 1. The number of nitrogens with one attached hydrogen (secondary N) is 1. The molecule has 0 aliphatic carbocycles. The largest absolute Gasteiger partial charge is 0.489 e. The Hall–Kier alpha value is -5.06. The van der Waals surface area contributed by atoms with Gasteiger partial charge < -0.3 is 19.9 Å². The molecule has 4 aromatic carbocycles. The van der Waals surface area contributed by atoms with Gasteiger partial charge >= 0.3 is 5.97 Å². The van der Waals surface area contributed by atoms with Gasteiger partial charge in [-0.05, 0) is 71.3 Å². The van der Waals surface area contributed by atoms with Crippen LogP contribution in [-0.2, 0) is 18.0 Å². The lowest BCUT2D eigenvalue weighted by atomic mass is 10.1. The molecule has 0 fully saturated rings. The van der Waals surface area contributed by atoms with E-state index in [1.54, 1.807) is 54.6 Å². The van der Waals surface area contributed by atoms with Gasteiger partial charge in [0.2, 0.25) is 0 Å². The predicted octanol–water partition coefficient (Wildman–Crippen LogP) is 6.74. The summed E-state index contributed by atoms with van der Waals surface area (Å²) in [6.07, 6.45) is 1.44. The molecule has 0 bridgehead atoms. The van der Waals surface area contributed by atoms with Crippen LogP contribution in [0.5, 0.6) is 11.5 Å². The zero-order chi connectivity index (χ0) is 27.6. The van der Waals surface area contributed by atoms with Crippen molar-refractivity contribution in [1.29, 1.82) is 5.26 Å². The smallest absolute Gasteiger partial charge is 0.335 e. The summed E-state index contributed by atoms with van der Waals surface area (Å²) in [7, 11) is 0. The van der Waals surface area contributed by atoms with Gasteiger partial charge in [-0.2, -0.15) is 5.26 Å². The second-order valence-corrected chi connectivity index (χ2v) is 8.81. The van der Waals surface area contributed by atoms with Crippen molar-refractivity contribution in [2.24, 2.45) is 0 Å². The fourth-order valence-corrected chi connectivity index (χ4v) is 3.76. The molecule has 0 aliphatic heterocycles. The van der Waals surface area contributed by atoms with E-state index in [4.69, 9.17) is 26.2 Å². The molecule has 4 rings (SSSR count). The van der Waals surface area contributed by atoms with E-state index in [1.165, 1.54) is 18.2 Å². The first-order chi connectivity index (χ1) is 18.9. The molecule has 0 saturated heterocycles. The fourth-order valence-electron chi connectivity index (χ4n) is 3.52. The molecular formula is C31H23ClN2O5. The highest BCUT2D eigenvalue weighted by molar-refractivity contribution is 6.32. The van der Waals surface area contributed by atoms with E-state index >= 15 is 0 Å². The number of anilines is 1. The molecule has 0 aliphatic rings. The number of ether oxygens (including phenoxy) is 2. The van der Waals surface area contributed by atoms with Gasteiger partial charge in [0, 0.05) is 5.69 Å². The third-order valence-electron chi connectivity index (χ3n) is 5.59. The Morgan fingerprint density at radius 1 is 0.872 bits per heavy atom. The minimum atomic E-state index is -0.999. The first-order valence-electron chi connectivity index (χ1n) is 11.9. The van der Waals surface area contributed by atoms with E-state index in [0.29, 0.717) is 34.4 Å². The maximum atomic E-state index is 12.7. The maximum absolute atomic E-state index is 12.7. The van der Waals surface area contributed by atoms with Crippen LogP contribution in [0.4, 0.5) is 5.69 Å². The van der Waals surface area contributed by atoms with Crippen LogP contribution in [0.25, 0.3) is 6.08 Å². The van der Waals surface area contributed by atoms with Crippen molar-refractivity contribution < 1.29 is 24.2 Å². The summed E-state index contributed by atoms with van der Waals surface area (Å²) >= 11 is 6.35. The Bertz CT molecular complexity index is 1530. The van der Waals surface area contributed by atoms with E-state index in [9.17, 15) is 14.9 Å². The number of aromatic carboxylic acids is 1. The van der Waals surface area contributed by atoms with Crippen molar-refractivity contribution in [1.82, 2.24) is 0 Å². The van der Waals surface area contributed by atoms with Crippen molar-refractivity contribution in [2.75, 3.05) is 5.32 Å². The van der Waals surface area contributed by atoms with Crippen LogP contribution in [-0.4, -0.2) is 17.0 Å². The number of carbonyl (C=O) groups is 2. The second-order valence-electron chi connectivity index (χ2n) is 8.40. The average molecular weight is 539 g/mol. The number of halogens is 1. The molecule has 7 nitrogen and oxygen atoms in total. The van der Waals surface area contributed by atoms with Gasteiger partial charge in [0.25, 0.3) is 5.91 Å². The Morgan fingerprint density at radius 3 is 2.18 bits per heavy atom. The number of hydrogen-bond acceptors (Lipinski definition) is 5. The highest BCUT2D eigenvalue weighted by atomic mass is 35.5. The number of hydrogen-bond donors (Lipinski definition) is 2. The summed E-state index contributed by atoms with van der Waals surface area (Å²) in [5.74, 6) is -0.492. The second kappa shape index (κ2) is 13.0. The molecule has 39 heavy (non-hydrogen) atoms. The number of nitriles is 1. The SMILES string of the molecule is N#C/C(=C\c1ccc(OCc2ccc(C(=O)O)cc2)c(Cl)c1)C(=O)Nc1ccc(OCc2ccccc2)cc1. The van der Waals surface area contributed by atoms with Crippen LogP contribution in [0.3, 0.4) is 0 Å². The molecule has 0 radical (unpaired) electrons. The first-order valence-corrected chi connectivity index (χ1v) is 12.2. The van der Waals surface area contributed by atoms with Crippen molar-refractivity contribution >= 4 is 35.2 Å². The van der Waals surface area contributed by atoms with Gasteiger partial charge in [-0.1, -0.05) is 60.1 Å². The van der Waals surface area contributed by atoms with E-state index in [2.05, 4.69) is 5.32 Å². The van der Waals surface area contributed by atoms with E-state index in [-0.39, 0.29) is 17.7 Å². The molecular weight excluding hydrogens is 516 g/mol. The quantitative estimate of drug-likeness (QED) is 0.171. The van der Waals surface area contributed by atoms with E-state index < -0.39 is 11.9 Å². The number of nitrogens with zero attached hydrogens (tertiary/aromatic N) is 1. The monoisotopic (exact) mass is 538 g/mol. The van der Waals surface area contributed by atoms with Gasteiger partial charge in [0.1, 0.15) is 36.4 Å². The Labute approximate surface area is 230 Å². The molecule has 2 N–H and O–H groups in total. The van der Waals surface area contributed by atoms with Crippen molar-refractivity contribution in [3.63, 3.8) is 0 Å². The number of carboxylic acids is 1. The molecule has 0 heterocycles. The van der Waals surface area contributed by atoms with E-state index in [1.807, 2.05) is 36.4 Å². The Balaban J connectivity index is 1.34. The molecule has 0 unspecified atom stereocenters. The number of amides is 1. The van der Waals surface area contributed by atoms with Crippen molar-refractivity contribution in [3.05, 3.63) is 130 Å². The maximum Gasteiger partial charge on any atom is 0.335 e. The summed E-state index contributed by atoms with van der Waals surface area (Å²) in [6, 6.07) is 29.8. The van der Waals surface area contributed by atoms with Gasteiger partial charge in [-0.3, -0.25) is 4.79 Å². The first kappa shape index (κ1) is 27.0. The third kappa shape index (κ3) is 7.71. The van der Waals surface area contributed by atoms with Crippen molar-refractivity contribution in [2.45, 2.75) is 13.2 Å².